The van der Waals surface area contributed by atoms with Crippen molar-refractivity contribution in [2.75, 3.05) is 6.61 Å². The fourth-order valence-electron chi connectivity index (χ4n) is 2.24. The molecule has 0 aromatic heterocycles. The Kier molecular flexibility index (Phi) is 5.61. The predicted molar refractivity (Wildman–Crippen MR) is 92.0 cm³/mol. The van der Waals surface area contributed by atoms with Crippen molar-refractivity contribution in [1.82, 2.24) is 5.32 Å². The van der Waals surface area contributed by atoms with Gasteiger partial charge in [-0.1, -0.05) is 46.3 Å². The highest BCUT2D eigenvalue weighted by Crippen LogP contribution is 2.16. The summed E-state index contributed by atoms with van der Waals surface area (Å²) < 4.78 is 6.47. The Balaban J connectivity index is 1.83. The molecular weight excluding hydrogens is 342 g/mol. The molecule has 3 nitrogen and oxygen atoms in total. The molecule has 0 saturated heterocycles. The molecule has 4 heteroatoms. The number of nitrogens with one attached hydrogen (secondary N) is 1. The molecule has 0 aliphatic heterocycles. The van der Waals surface area contributed by atoms with Crippen LogP contribution >= 0.6 is 15.9 Å². The molecule has 0 atom stereocenters. The van der Waals surface area contributed by atoms with Gasteiger partial charge in [0.05, 0.1) is 0 Å². The molecule has 0 unspecified atom stereocenters. The van der Waals surface area contributed by atoms with Crippen LogP contribution < -0.4 is 10.1 Å². The first-order valence-corrected chi connectivity index (χ1v) is 7.97. The third-order valence-corrected chi connectivity index (χ3v) is 3.68. The molecule has 1 N–H and O–H groups in total. The number of hydrogen-bond donors (Lipinski definition) is 1. The van der Waals surface area contributed by atoms with Gasteiger partial charge in [0, 0.05) is 10.0 Å². The Morgan fingerprint density at radius 3 is 2.36 bits per heavy atom. The number of carbonyl (C=O) groups is 1. The number of hydrogen-bond acceptors (Lipinski definition) is 2. The Labute approximate surface area is 139 Å². The van der Waals surface area contributed by atoms with Crippen LogP contribution in [0, 0.1) is 0 Å². The minimum atomic E-state index is -0.318. The highest BCUT2D eigenvalue weighted by molar-refractivity contribution is 9.10. The fraction of sp³-hybridized carbons (Fsp3) is 0.278. The molecule has 2 aromatic carbocycles. The number of benzene rings is 2. The Morgan fingerprint density at radius 1 is 1.09 bits per heavy atom. The van der Waals surface area contributed by atoms with E-state index in [1.807, 2.05) is 56.3 Å². The maximum atomic E-state index is 12.0. The van der Waals surface area contributed by atoms with E-state index < -0.39 is 0 Å². The molecule has 0 aliphatic carbocycles. The van der Waals surface area contributed by atoms with E-state index in [2.05, 4.69) is 33.4 Å². The fourth-order valence-corrected chi connectivity index (χ4v) is 2.51. The monoisotopic (exact) mass is 361 g/mol. The summed E-state index contributed by atoms with van der Waals surface area (Å²) >= 11 is 3.36. The van der Waals surface area contributed by atoms with E-state index in [1.54, 1.807) is 0 Å². The van der Waals surface area contributed by atoms with Crippen molar-refractivity contribution in [2.45, 2.75) is 25.8 Å². The molecule has 116 valence electrons. The second-order valence-corrected chi connectivity index (χ2v) is 6.75. The van der Waals surface area contributed by atoms with Crippen LogP contribution in [0.5, 0.6) is 5.75 Å². The number of halogens is 1. The molecule has 0 heterocycles. The van der Waals surface area contributed by atoms with Crippen molar-refractivity contribution in [3.63, 3.8) is 0 Å². The topological polar surface area (TPSA) is 38.3 Å². The van der Waals surface area contributed by atoms with E-state index in [1.165, 1.54) is 5.56 Å². The zero-order valence-corrected chi connectivity index (χ0v) is 14.4. The van der Waals surface area contributed by atoms with Gasteiger partial charge in [0.15, 0.2) is 6.61 Å². The van der Waals surface area contributed by atoms with Crippen molar-refractivity contribution >= 4 is 21.8 Å². The standard InChI is InChI=1S/C18H20BrNO2/c1-18(2,12-14-6-4-3-5-7-14)20-17(21)13-22-16-10-8-15(19)9-11-16/h3-11H,12-13H2,1-2H3,(H,20,21). The second kappa shape index (κ2) is 7.45. The van der Waals surface area contributed by atoms with Gasteiger partial charge in [0.25, 0.3) is 5.91 Å². The number of ether oxygens (including phenoxy) is 1. The lowest BCUT2D eigenvalue weighted by Gasteiger charge is -2.26. The van der Waals surface area contributed by atoms with Crippen molar-refractivity contribution < 1.29 is 9.53 Å². The molecule has 22 heavy (non-hydrogen) atoms. The van der Waals surface area contributed by atoms with Crippen LogP contribution in [0.4, 0.5) is 0 Å². The van der Waals surface area contributed by atoms with Crippen LogP contribution in [0.25, 0.3) is 0 Å². The van der Waals surface area contributed by atoms with Gasteiger partial charge >= 0.3 is 0 Å². The van der Waals surface area contributed by atoms with Crippen LogP contribution in [-0.2, 0) is 11.2 Å². The average molecular weight is 362 g/mol. The van der Waals surface area contributed by atoms with E-state index >= 15 is 0 Å². The summed E-state index contributed by atoms with van der Waals surface area (Å²) in [5.74, 6) is 0.558. The maximum absolute atomic E-state index is 12.0. The highest BCUT2D eigenvalue weighted by Gasteiger charge is 2.21. The third-order valence-electron chi connectivity index (χ3n) is 3.15. The first-order valence-electron chi connectivity index (χ1n) is 7.18. The summed E-state index contributed by atoms with van der Waals surface area (Å²) in [4.78, 5) is 12.0. The molecule has 0 radical (unpaired) electrons. The molecule has 2 rings (SSSR count). The lowest BCUT2D eigenvalue weighted by atomic mass is 9.95. The van der Waals surface area contributed by atoms with Gasteiger partial charge in [-0.05, 0) is 50.1 Å². The lowest BCUT2D eigenvalue weighted by Crippen LogP contribution is -2.47. The van der Waals surface area contributed by atoms with Gasteiger partial charge in [0.2, 0.25) is 0 Å². The van der Waals surface area contributed by atoms with Crippen LogP contribution in [0.15, 0.2) is 59.1 Å². The predicted octanol–water partition coefficient (Wildman–Crippen LogP) is 3.97. The molecule has 0 saturated carbocycles. The largest absolute Gasteiger partial charge is 0.484 e. The minimum absolute atomic E-state index is 0.0137. The highest BCUT2D eigenvalue weighted by atomic mass is 79.9. The maximum Gasteiger partial charge on any atom is 0.258 e. The minimum Gasteiger partial charge on any atom is -0.484 e. The van der Waals surface area contributed by atoms with Crippen LogP contribution in [-0.4, -0.2) is 18.1 Å². The number of carbonyl (C=O) groups excluding carboxylic acids is 1. The molecule has 0 bridgehead atoms. The van der Waals surface area contributed by atoms with Gasteiger partial charge in [-0.15, -0.1) is 0 Å². The summed E-state index contributed by atoms with van der Waals surface area (Å²) in [5.41, 5.74) is 0.878. The number of amides is 1. The number of rotatable bonds is 6. The van der Waals surface area contributed by atoms with E-state index in [9.17, 15) is 4.79 Å². The van der Waals surface area contributed by atoms with Crippen LogP contribution in [0.2, 0.25) is 0 Å². The molecule has 0 spiro atoms. The quantitative estimate of drug-likeness (QED) is 0.845. The van der Waals surface area contributed by atoms with Gasteiger partial charge in [-0.25, -0.2) is 0 Å². The smallest absolute Gasteiger partial charge is 0.258 e. The normalized spacial score (nSPS) is 11.0. The Hall–Kier alpha value is -1.81. The van der Waals surface area contributed by atoms with Gasteiger partial charge < -0.3 is 10.1 Å². The van der Waals surface area contributed by atoms with Gasteiger partial charge in [0.1, 0.15) is 5.75 Å². The summed E-state index contributed by atoms with van der Waals surface area (Å²) in [5, 5.41) is 3.01. The first kappa shape index (κ1) is 16.6. The van der Waals surface area contributed by atoms with E-state index in [-0.39, 0.29) is 18.1 Å². The SMILES string of the molecule is CC(C)(Cc1ccccc1)NC(=O)COc1ccc(Br)cc1. The lowest BCUT2D eigenvalue weighted by molar-refractivity contribution is -0.124. The summed E-state index contributed by atoms with van der Waals surface area (Å²) in [6.07, 6.45) is 0.776. The summed E-state index contributed by atoms with van der Waals surface area (Å²) in [6.45, 7) is 4.04. The molecule has 2 aromatic rings. The van der Waals surface area contributed by atoms with Crippen molar-refractivity contribution in [3.8, 4) is 5.75 Å². The average Bonchev–Trinajstić information content (AvgIpc) is 2.46. The third kappa shape index (κ3) is 5.53. The first-order chi connectivity index (χ1) is 10.4. The van der Waals surface area contributed by atoms with E-state index in [4.69, 9.17) is 4.74 Å². The van der Waals surface area contributed by atoms with Crippen molar-refractivity contribution in [2.24, 2.45) is 0 Å². The van der Waals surface area contributed by atoms with Crippen molar-refractivity contribution in [3.05, 3.63) is 64.6 Å². The zero-order valence-electron chi connectivity index (χ0n) is 12.8. The zero-order chi connectivity index (χ0) is 16.0. The second-order valence-electron chi connectivity index (χ2n) is 5.84. The molecule has 0 fully saturated rings. The van der Waals surface area contributed by atoms with E-state index in [0.29, 0.717) is 5.75 Å². The van der Waals surface area contributed by atoms with E-state index in [0.717, 1.165) is 10.9 Å². The van der Waals surface area contributed by atoms with Crippen molar-refractivity contribution in [1.29, 1.82) is 0 Å². The van der Waals surface area contributed by atoms with Crippen LogP contribution in [0.3, 0.4) is 0 Å². The molecule has 1 amide bonds. The van der Waals surface area contributed by atoms with Crippen LogP contribution in [0.1, 0.15) is 19.4 Å². The van der Waals surface area contributed by atoms with Gasteiger partial charge in [-0.2, -0.15) is 0 Å². The summed E-state index contributed by atoms with van der Waals surface area (Å²) in [7, 11) is 0. The Bertz CT molecular complexity index is 609. The molecule has 0 aliphatic rings. The van der Waals surface area contributed by atoms with Gasteiger partial charge in [-0.3, -0.25) is 4.79 Å². The molecular formula is C18H20BrNO2. The summed E-state index contributed by atoms with van der Waals surface area (Å²) in [6, 6.07) is 17.5. The Morgan fingerprint density at radius 2 is 1.73 bits per heavy atom.